The molecule has 4 rings (SSSR count). The lowest BCUT2D eigenvalue weighted by Gasteiger charge is -2.40. The first-order valence-corrected chi connectivity index (χ1v) is 10.6. The molecule has 3 aromatic rings. The number of ether oxygens (including phenoxy) is 1. The molecule has 1 aliphatic heterocycles. The van der Waals surface area contributed by atoms with Crippen LogP contribution in [-0.2, 0) is 16.0 Å². The standard InChI is InChI=1S/C24H24FN3O4/c1-2-31-23(30)24(10-3-13-28(16-24)22(29)18-8-11-26-12-9-18)15-20-14-21(27-32-20)17-4-6-19(25)7-5-17/h4-9,11-12,14H,2-3,10,13,15-16H2,1H3/t24-/m1/s1. The molecule has 7 nitrogen and oxygen atoms in total. The summed E-state index contributed by atoms with van der Waals surface area (Å²) in [5, 5.41) is 4.08. The molecule has 32 heavy (non-hydrogen) atoms. The fourth-order valence-corrected chi connectivity index (χ4v) is 4.14. The minimum atomic E-state index is -0.934. The van der Waals surface area contributed by atoms with Crippen molar-refractivity contribution < 1.29 is 23.2 Å². The van der Waals surface area contributed by atoms with E-state index < -0.39 is 5.41 Å². The van der Waals surface area contributed by atoms with Gasteiger partial charge in [0.25, 0.3) is 5.91 Å². The van der Waals surface area contributed by atoms with Crippen LogP contribution in [-0.4, -0.2) is 46.6 Å². The van der Waals surface area contributed by atoms with Gasteiger partial charge in [-0.05, 0) is 56.2 Å². The van der Waals surface area contributed by atoms with Gasteiger partial charge in [-0.15, -0.1) is 0 Å². The molecule has 2 aromatic heterocycles. The van der Waals surface area contributed by atoms with Gasteiger partial charge in [0, 0.05) is 49.1 Å². The Morgan fingerprint density at radius 3 is 2.66 bits per heavy atom. The number of piperidine rings is 1. The van der Waals surface area contributed by atoms with E-state index in [2.05, 4.69) is 10.1 Å². The topological polar surface area (TPSA) is 85.5 Å². The molecule has 166 valence electrons. The second kappa shape index (κ2) is 9.30. The first-order valence-electron chi connectivity index (χ1n) is 10.6. The zero-order chi connectivity index (χ0) is 22.6. The van der Waals surface area contributed by atoms with Gasteiger partial charge in [0.2, 0.25) is 0 Å². The number of hydrogen-bond donors (Lipinski definition) is 0. The molecule has 1 atom stereocenters. The smallest absolute Gasteiger partial charge is 0.314 e. The number of nitrogens with zero attached hydrogens (tertiary/aromatic N) is 3. The van der Waals surface area contributed by atoms with Crippen LogP contribution in [0.1, 0.15) is 35.9 Å². The summed E-state index contributed by atoms with van der Waals surface area (Å²) in [4.78, 5) is 31.7. The molecule has 0 saturated carbocycles. The molecule has 1 fully saturated rings. The molecule has 1 amide bonds. The SMILES string of the molecule is CCOC(=O)[C@@]1(Cc2cc(-c3ccc(F)cc3)no2)CCCN(C(=O)c2ccncc2)C1. The highest BCUT2D eigenvalue weighted by molar-refractivity contribution is 5.94. The highest BCUT2D eigenvalue weighted by atomic mass is 19.1. The molecule has 0 bridgehead atoms. The van der Waals surface area contributed by atoms with E-state index in [1.807, 2.05) is 0 Å². The highest BCUT2D eigenvalue weighted by Gasteiger charge is 2.46. The maximum absolute atomic E-state index is 13.2. The number of amides is 1. The predicted octanol–water partition coefficient (Wildman–Crippen LogP) is 3.90. The average Bonchev–Trinajstić information content (AvgIpc) is 3.28. The number of esters is 1. The van der Waals surface area contributed by atoms with Crippen molar-refractivity contribution in [2.24, 2.45) is 5.41 Å². The van der Waals surface area contributed by atoms with Crippen LogP contribution in [0.4, 0.5) is 4.39 Å². The van der Waals surface area contributed by atoms with Gasteiger partial charge >= 0.3 is 5.97 Å². The van der Waals surface area contributed by atoms with Crippen molar-refractivity contribution >= 4 is 11.9 Å². The van der Waals surface area contributed by atoms with Crippen molar-refractivity contribution in [3.8, 4) is 11.3 Å². The molecule has 1 aromatic carbocycles. The van der Waals surface area contributed by atoms with Crippen LogP contribution in [0.5, 0.6) is 0 Å². The quantitative estimate of drug-likeness (QED) is 0.544. The van der Waals surface area contributed by atoms with Crippen LogP contribution < -0.4 is 0 Å². The van der Waals surface area contributed by atoms with Crippen LogP contribution in [0.3, 0.4) is 0 Å². The summed E-state index contributed by atoms with van der Waals surface area (Å²) in [7, 11) is 0. The fraction of sp³-hybridized carbons (Fsp3) is 0.333. The Kier molecular flexibility index (Phi) is 6.30. The molecule has 0 radical (unpaired) electrons. The lowest BCUT2D eigenvalue weighted by molar-refractivity contribution is -0.158. The monoisotopic (exact) mass is 437 g/mol. The Morgan fingerprint density at radius 1 is 1.19 bits per heavy atom. The number of halogens is 1. The number of carbonyl (C=O) groups is 2. The molecule has 1 aliphatic rings. The third-order valence-electron chi connectivity index (χ3n) is 5.71. The van der Waals surface area contributed by atoms with Gasteiger partial charge in [0.05, 0.1) is 12.0 Å². The Balaban J connectivity index is 1.59. The maximum Gasteiger partial charge on any atom is 0.314 e. The zero-order valence-corrected chi connectivity index (χ0v) is 17.8. The number of rotatable bonds is 6. The Morgan fingerprint density at radius 2 is 1.94 bits per heavy atom. The third-order valence-corrected chi connectivity index (χ3v) is 5.71. The van der Waals surface area contributed by atoms with Crippen molar-refractivity contribution in [3.63, 3.8) is 0 Å². The number of carbonyl (C=O) groups excluding carboxylic acids is 2. The molecular weight excluding hydrogens is 413 g/mol. The molecule has 0 spiro atoms. The van der Waals surface area contributed by atoms with E-state index in [0.717, 1.165) is 0 Å². The summed E-state index contributed by atoms with van der Waals surface area (Å²) in [5.74, 6) is -0.326. The van der Waals surface area contributed by atoms with Gasteiger partial charge in [0.15, 0.2) is 0 Å². The van der Waals surface area contributed by atoms with Crippen LogP contribution >= 0.6 is 0 Å². The molecule has 3 heterocycles. The first-order chi connectivity index (χ1) is 15.5. The summed E-state index contributed by atoms with van der Waals surface area (Å²) in [5.41, 5.74) is 0.860. The van der Waals surface area contributed by atoms with Crippen LogP contribution in [0.15, 0.2) is 59.4 Å². The van der Waals surface area contributed by atoms with Crippen molar-refractivity contribution in [1.82, 2.24) is 15.0 Å². The summed E-state index contributed by atoms with van der Waals surface area (Å²) in [6.45, 7) is 2.78. The minimum absolute atomic E-state index is 0.148. The second-order valence-electron chi connectivity index (χ2n) is 7.93. The van der Waals surface area contributed by atoms with Crippen molar-refractivity contribution in [2.75, 3.05) is 19.7 Å². The zero-order valence-electron chi connectivity index (χ0n) is 17.8. The number of benzene rings is 1. The number of hydrogen-bond acceptors (Lipinski definition) is 6. The lowest BCUT2D eigenvalue weighted by Crippen LogP contribution is -2.51. The molecule has 0 unspecified atom stereocenters. The summed E-state index contributed by atoms with van der Waals surface area (Å²) >= 11 is 0. The number of likely N-dealkylation sites (tertiary alicyclic amines) is 1. The van der Waals surface area contributed by atoms with E-state index >= 15 is 0 Å². The summed E-state index contributed by atoms with van der Waals surface area (Å²) < 4.78 is 24.1. The number of pyridine rings is 1. The van der Waals surface area contributed by atoms with Gasteiger partial charge in [-0.2, -0.15) is 0 Å². The third kappa shape index (κ3) is 4.54. The van der Waals surface area contributed by atoms with Crippen LogP contribution in [0, 0.1) is 11.2 Å². The fourth-order valence-electron chi connectivity index (χ4n) is 4.14. The van der Waals surface area contributed by atoms with Crippen LogP contribution in [0.2, 0.25) is 0 Å². The molecule has 8 heteroatoms. The van der Waals surface area contributed by atoms with E-state index in [0.29, 0.717) is 42.0 Å². The number of aromatic nitrogens is 2. The van der Waals surface area contributed by atoms with Gasteiger partial charge in [0.1, 0.15) is 17.3 Å². The van der Waals surface area contributed by atoms with E-state index in [1.165, 1.54) is 12.1 Å². The molecule has 0 aliphatic carbocycles. The van der Waals surface area contributed by atoms with E-state index in [4.69, 9.17) is 9.26 Å². The summed E-state index contributed by atoms with van der Waals surface area (Å²) in [6, 6.07) is 11.0. The minimum Gasteiger partial charge on any atom is -0.466 e. The Bertz CT molecular complexity index is 1080. The molecule has 1 saturated heterocycles. The molecule has 0 N–H and O–H groups in total. The van der Waals surface area contributed by atoms with E-state index in [-0.39, 0.29) is 37.3 Å². The average molecular weight is 437 g/mol. The van der Waals surface area contributed by atoms with Gasteiger partial charge in [-0.3, -0.25) is 14.6 Å². The Labute approximate surface area is 185 Å². The van der Waals surface area contributed by atoms with E-state index in [9.17, 15) is 14.0 Å². The Hall–Kier alpha value is -3.55. The van der Waals surface area contributed by atoms with Crippen molar-refractivity contribution in [1.29, 1.82) is 0 Å². The summed E-state index contributed by atoms with van der Waals surface area (Å²) in [6.07, 6.45) is 4.62. The first kappa shape index (κ1) is 21.7. The van der Waals surface area contributed by atoms with Gasteiger partial charge in [-0.1, -0.05) is 5.16 Å². The van der Waals surface area contributed by atoms with Crippen LogP contribution in [0.25, 0.3) is 11.3 Å². The molecular formula is C24H24FN3O4. The largest absolute Gasteiger partial charge is 0.466 e. The highest BCUT2D eigenvalue weighted by Crippen LogP contribution is 2.36. The second-order valence-corrected chi connectivity index (χ2v) is 7.93. The maximum atomic E-state index is 13.2. The predicted molar refractivity (Wildman–Crippen MR) is 114 cm³/mol. The lowest BCUT2D eigenvalue weighted by atomic mass is 9.76. The van der Waals surface area contributed by atoms with E-state index in [1.54, 1.807) is 54.5 Å². The van der Waals surface area contributed by atoms with Gasteiger partial charge in [-0.25, -0.2) is 4.39 Å². The van der Waals surface area contributed by atoms with Gasteiger partial charge < -0.3 is 14.2 Å². The normalized spacial score (nSPS) is 18.4. The van der Waals surface area contributed by atoms with Crippen molar-refractivity contribution in [2.45, 2.75) is 26.2 Å². The van der Waals surface area contributed by atoms with Crippen molar-refractivity contribution in [3.05, 3.63) is 72.0 Å².